The Kier molecular flexibility index (Phi) is 6.03. The second kappa shape index (κ2) is 8.08. The molecule has 3 nitrogen and oxygen atoms in total. The van der Waals surface area contributed by atoms with Crippen molar-refractivity contribution in [2.75, 3.05) is 0 Å². The summed E-state index contributed by atoms with van der Waals surface area (Å²) in [4.78, 5) is 8.70. The average molecular weight is 429 g/mol. The van der Waals surface area contributed by atoms with Gasteiger partial charge in [-0.15, -0.1) is 0 Å². The lowest BCUT2D eigenvalue weighted by atomic mass is 9.68. The van der Waals surface area contributed by atoms with Gasteiger partial charge in [0.1, 0.15) is 11.9 Å². The Morgan fingerprint density at radius 3 is 1.93 bits per heavy atom. The van der Waals surface area contributed by atoms with Gasteiger partial charge in [-0.3, -0.25) is 0 Å². The fraction of sp³-hybridized carbons (Fsp3) is 0.333. The van der Waals surface area contributed by atoms with Crippen LogP contribution in [0.15, 0.2) is 66.1 Å². The van der Waals surface area contributed by atoms with Gasteiger partial charge >= 0.3 is 0 Å². The molecule has 3 aromatic rings. The minimum atomic E-state index is -2.81. The number of nitrogens with zero attached hydrogens (tertiary/aromatic N) is 2. The number of hydrogen-bond donors (Lipinski definition) is 1. The Balaban J connectivity index is 2.00. The van der Waals surface area contributed by atoms with Crippen molar-refractivity contribution in [1.29, 1.82) is 0 Å². The molecule has 30 heavy (non-hydrogen) atoms. The van der Waals surface area contributed by atoms with Gasteiger partial charge < -0.3 is 5.11 Å². The van der Waals surface area contributed by atoms with E-state index in [9.17, 15) is 13.9 Å². The minimum Gasteiger partial charge on any atom is -0.380 e. The summed E-state index contributed by atoms with van der Waals surface area (Å²) < 4.78 is 26.4. The minimum absolute atomic E-state index is 0.506. The van der Waals surface area contributed by atoms with Gasteiger partial charge in [-0.25, -0.2) is 9.97 Å². The molecule has 0 aliphatic rings. The maximum Gasteiger partial charge on any atom is 0.295 e. The van der Waals surface area contributed by atoms with Crippen LogP contribution >= 0.6 is 11.8 Å². The smallest absolute Gasteiger partial charge is 0.295 e. The van der Waals surface area contributed by atoms with Crippen molar-refractivity contribution in [2.45, 2.75) is 50.4 Å². The first-order valence-corrected chi connectivity index (χ1v) is 10.5. The van der Waals surface area contributed by atoms with Crippen LogP contribution in [0, 0.1) is 12.3 Å². The van der Waals surface area contributed by atoms with Crippen molar-refractivity contribution in [2.24, 2.45) is 5.41 Å². The lowest BCUT2D eigenvalue weighted by molar-refractivity contribution is -0.0269. The molecular formula is C24H26F2N2OS. The number of benzene rings is 2. The summed E-state index contributed by atoms with van der Waals surface area (Å²) in [6.07, 6.45) is 4.73. The third-order valence-corrected chi connectivity index (χ3v) is 6.03. The molecule has 0 aliphatic carbocycles. The topological polar surface area (TPSA) is 46.0 Å². The number of aliphatic hydroxyl groups is 1. The number of thioether (sulfide) groups is 1. The van der Waals surface area contributed by atoms with E-state index in [0.717, 1.165) is 29.2 Å². The van der Waals surface area contributed by atoms with E-state index in [1.54, 1.807) is 24.5 Å². The summed E-state index contributed by atoms with van der Waals surface area (Å²) in [5.41, 5.74) is 2.44. The van der Waals surface area contributed by atoms with Crippen molar-refractivity contribution in [1.82, 2.24) is 9.97 Å². The lowest BCUT2D eigenvalue weighted by Crippen LogP contribution is -2.42. The fourth-order valence-corrected chi connectivity index (χ4v) is 4.34. The molecule has 0 spiro atoms. The van der Waals surface area contributed by atoms with E-state index in [1.807, 2.05) is 58.0 Å². The molecule has 0 fully saturated rings. The molecular weight excluding hydrogens is 402 g/mol. The maximum atomic E-state index is 13.2. The second-order valence-corrected chi connectivity index (χ2v) is 9.94. The zero-order chi connectivity index (χ0) is 22.2. The quantitative estimate of drug-likeness (QED) is 0.475. The SMILES string of the molecule is Cc1cc(-c2ccc(SC(C)(F)F)cc2)ccc1C(O)(c1cncnc1)C(C)(C)C. The van der Waals surface area contributed by atoms with Crippen LogP contribution in [0.5, 0.6) is 0 Å². The molecule has 1 N–H and O–H groups in total. The molecule has 0 saturated carbocycles. The van der Waals surface area contributed by atoms with E-state index >= 15 is 0 Å². The highest BCUT2D eigenvalue weighted by Gasteiger charge is 2.44. The largest absolute Gasteiger partial charge is 0.380 e. The van der Waals surface area contributed by atoms with Crippen LogP contribution in [-0.4, -0.2) is 20.3 Å². The van der Waals surface area contributed by atoms with E-state index in [1.165, 1.54) is 6.33 Å². The highest BCUT2D eigenvalue weighted by molar-refractivity contribution is 8.00. The lowest BCUT2D eigenvalue weighted by Gasteiger charge is -2.41. The Labute approximate surface area is 180 Å². The maximum absolute atomic E-state index is 13.2. The van der Waals surface area contributed by atoms with E-state index in [4.69, 9.17) is 0 Å². The first-order chi connectivity index (χ1) is 13.9. The Bertz CT molecular complexity index is 1010. The van der Waals surface area contributed by atoms with Gasteiger partial charge in [0.2, 0.25) is 0 Å². The van der Waals surface area contributed by atoms with Crippen molar-refractivity contribution < 1.29 is 13.9 Å². The van der Waals surface area contributed by atoms with Gasteiger partial charge in [-0.05, 0) is 46.7 Å². The van der Waals surface area contributed by atoms with Crippen LogP contribution in [0.4, 0.5) is 8.78 Å². The number of aromatic nitrogens is 2. The van der Waals surface area contributed by atoms with Crippen LogP contribution in [-0.2, 0) is 5.60 Å². The predicted octanol–water partition coefficient (Wildman–Crippen LogP) is 6.44. The molecule has 2 aromatic carbocycles. The van der Waals surface area contributed by atoms with Crippen molar-refractivity contribution >= 4 is 11.8 Å². The summed E-state index contributed by atoms with van der Waals surface area (Å²) in [6.45, 7) is 8.79. The number of rotatable bonds is 5. The molecule has 1 aromatic heterocycles. The molecule has 0 radical (unpaired) electrons. The predicted molar refractivity (Wildman–Crippen MR) is 118 cm³/mol. The normalized spacial score (nSPS) is 14.4. The van der Waals surface area contributed by atoms with Crippen LogP contribution in [0.1, 0.15) is 44.4 Å². The molecule has 158 valence electrons. The van der Waals surface area contributed by atoms with Crippen LogP contribution in [0.3, 0.4) is 0 Å². The van der Waals surface area contributed by atoms with Crippen LogP contribution < -0.4 is 0 Å². The number of hydrogen-bond acceptors (Lipinski definition) is 4. The third kappa shape index (κ3) is 4.55. The molecule has 0 bridgehead atoms. The highest BCUT2D eigenvalue weighted by atomic mass is 32.2. The second-order valence-electron chi connectivity index (χ2n) is 8.55. The van der Waals surface area contributed by atoms with E-state index in [2.05, 4.69) is 9.97 Å². The van der Waals surface area contributed by atoms with E-state index in [0.29, 0.717) is 22.2 Å². The Morgan fingerprint density at radius 1 is 0.867 bits per heavy atom. The van der Waals surface area contributed by atoms with Crippen molar-refractivity contribution in [3.05, 3.63) is 77.9 Å². The first-order valence-electron chi connectivity index (χ1n) is 9.68. The molecule has 0 amide bonds. The number of aryl methyl sites for hydroxylation is 1. The number of alkyl halides is 2. The van der Waals surface area contributed by atoms with Gasteiger partial charge in [0.05, 0.1) is 0 Å². The molecule has 3 rings (SSSR count). The highest BCUT2D eigenvalue weighted by Crippen LogP contribution is 2.46. The monoisotopic (exact) mass is 428 g/mol. The fourth-order valence-electron chi connectivity index (χ4n) is 3.65. The van der Waals surface area contributed by atoms with E-state index < -0.39 is 16.3 Å². The van der Waals surface area contributed by atoms with Gasteiger partial charge in [-0.1, -0.05) is 62.9 Å². The zero-order valence-electron chi connectivity index (χ0n) is 17.8. The summed E-state index contributed by atoms with van der Waals surface area (Å²) in [5.74, 6) is 0. The summed E-state index contributed by atoms with van der Waals surface area (Å²) >= 11 is 0.536. The van der Waals surface area contributed by atoms with Crippen LogP contribution in [0.25, 0.3) is 11.1 Å². The third-order valence-electron chi connectivity index (χ3n) is 5.16. The molecule has 1 atom stereocenters. The van der Waals surface area contributed by atoms with Crippen molar-refractivity contribution in [3.63, 3.8) is 0 Å². The van der Waals surface area contributed by atoms with Gasteiger partial charge in [0.15, 0.2) is 0 Å². The van der Waals surface area contributed by atoms with Crippen LogP contribution in [0.2, 0.25) is 0 Å². The van der Waals surface area contributed by atoms with Gasteiger partial charge in [-0.2, -0.15) is 8.78 Å². The standard InChI is InChI=1S/C24H26F2N2OS/c1-16-12-18(17-6-9-20(10-7-17)30-23(5,25)26)8-11-21(16)24(29,22(2,3)4)19-13-27-15-28-14-19/h6-15,29H,1-5H3. The summed E-state index contributed by atoms with van der Waals surface area (Å²) in [5, 5.41) is 9.02. The average Bonchev–Trinajstić information content (AvgIpc) is 2.66. The first kappa shape index (κ1) is 22.4. The molecule has 1 heterocycles. The van der Waals surface area contributed by atoms with Gasteiger partial charge in [0, 0.05) is 29.8 Å². The molecule has 0 saturated heterocycles. The zero-order valence-corrected chi connectivity index (χ0v) is 18.6. The Hall–Kier alpha value is -2.31. The van der Waals surface area contributed by atoms with E-state index in [-0.39, 0.29) is 0 Å². The van der Waals surface area contributed by atoms with Gasteiger partial charge in [0.25, 0.3) is 5.25 Å². The molecule has 0 aliphatic heterocycles. The number of halogens is 2. The molecule has 1 unspecified atom stereocenters. The Morgan fingerprint density at radius 2 is 1.43 bits per heavy atom. The summed E-state index contributed by atoms with van der Waals surface area (Å²) in [6, 6.07) is 12.9. The molecule has 6 heteroatoms. The summed E-state index contributed by atoms with van der Waals surface area (Å²) in [7, 11) is 0. The van der Waals surface area contributed by atoms with Crippen molar-refractivity contribution in [3.8, 4) is 11.1 Å².